The minimum absolute atomic E-state index is 0.0973. The van der Waals surface area contributed by atoms with Gasteiger partial charge in [-0.2, -0.15) is 0 Å². The number of rotatable bonds is 3. The molecule has 5 nitrogen and oxygen atoms in total. The fraction of sp³-hybridized carbons (Fsp3) is 0.364. The minimum Gasteiger partial charge on any atom is -0.483 e. The number of benzene rings is 1. The summed E-state index contributed by atoms with van der Waals surface area (Å²) in [6.45, 7) is 0.198. The van der Waals surface area contributed by atoms with Gasteiger partial charge in [0.05, 0.1) is 30.3 Å². The molecular formula is C22H19ClFNO4. The maximum atomic E-state index is 14.0. The molecular weight excluding hydrogens is 397 g/mol. The summed E-state index contributed by atoms with van der Waals surface area (Å²) in [6.07, 6.45) is 1.01. The molecule has 2 aromatic rings. The van der Waals surface area contributed by atoms with E-state index in [1.807, 2.05) is 0 Å². The topological polar surface area (TPSA) is 59.8 Å². The highest BCUT2D eigenvalue weighted by molar-refractivity contribution is 6.30. The molecule has 150 valence electrons. The molecule has 0 bridgehead atoms. The Morgan fingerprint density at radius 3 is 2.66 bits per heavy atom. The zero-order valence-corrected chi connectivity index (χ0v) is 16.3. The average Bonchev–Trinajstić information content (AvgIpc) is 3.32. The van der Waals surface area contributed by atoms with Crippen molar-refractivity contribution in [3.05, 3.63) is 70.3 Å². The van der Waals surface area contributed by atoms with E-state index in [1.54, 1.807) is 41.3 Å². The van der Waals surface area contributed by atoms with Gasteiger partial charge in [-0.1, -0.05) is 23.7 Å². The van der Waals surface area contributed by atoms with Crippen LogP contribution in [0.1, 0.15) is 36.6 Å². The predicted molar refractivity (Wildman–Crippen MR) is 103 cm³/mol. The zero-order valence-electron chi connectivity index (χ0n) is 15.5. The first-order valence-corrected chi connectivity index (χ1v) is 10.1. The third-order valence-electron chi connectivity index (χ3n) is 5.97. The summed E-state index contributed by atoms with van der Waals surface area (Å²) in [5.41, 5.74) is 1.07. The highest BCUT2D eigenvalue weighted by atomic mass is 35.5. The minimum atomic E-state index is -1.02. The molecule has 5 rings (SSSR count). The van der Waals surface area contributed by atoms with E-state index >= 15 is 0 Å². The van der Waals surface area contributed by atoms with Gasteiger partial charge in [-0.3, -0.25) is 9.59 Å². The van der Waals surface area contributed by atoms with Crippen molar-refractivity contribution in [2.45, 2.75) is 44.1 Å². The standard InChI is InChI=1S/C22H19ClFNO4/c23-13-5-3-12(4-6-13)19-18-20(26)16-10-14(24)7-8-17(16)29-21(18)22(27)25(19)11-15-2-1-9-28-15/h1-6,9,14,16-17,19H,7-8,10-11H2. The monoisotopic (exact) mass is 415 g/mol. The highest BCUT2D eigenvalue weighted by Gasteiger charge is 2.53. The quantitative estimate of drug-likeness (QED) is 0.746. The molecule has 2 aliphatic heterocycles. The normalized spacial score (nSPS) is 29.0. The van der Waals surface area contributed by atoms with Crippen molar-refractivity contribution in [1.29, 1.82) is 0 Å². The molecule has 1 aliphatic carbocycles. The van der Waals surface area contributed by atoms with E-state index in [4.69, 9.17) is 20.8 Å². The number of hydrogen-bond acceptors (Lipinski definition) is 4. The number of alkyl halides is 1. The molecule has 3 heterocycles. The lowest BCUT2D eigenvalue weighted by atomic mass is 9.77. The fourth-order valence-electron chi connectivity index (χ4n) is 4.59. The van der Waals surface area contributed by atoms with Gasteiger partial charge in [0.15, 0.2) is 11.5 Å². The molecule has 4 unspecified atom stereocenters. The lowest BCUT2D eigenvalue weighted by molar-refractivity contribution is -0.136. The number of halogens is 2. The Labute approximate surface area is 172 Å². The Hall–Kier alpha value is -2.60. The van der Waals surface area contributed by atoms with Crippen LogP contribution < -0.4 is 0 Å². The lowest BCUT2D eigenvalue weighted by Gasteiger charge is -2.36. The van der Waals surface area contributed by atoms with Crippen molar-refractivity contribution < 1.29 is 23.1 Å². The van der Waals surface area contributed by atoms with Crippen LogP contribution in [0.25, 0.3) is 0 Å². The van der Waals surface area contributed by atoms with Gasteiger partial charge >= 0.3 is 0 Å². The number of ether oxygens (including phenoxy) is 1. The summed E-state index contributed by atoms with van der Waals surface area (Å²) < 4.78 is 25.5. The zero-order chi connectivity index (χ0) is 20.1. The smallest absolute Gasteiger partial charge is 0.290 e. The van der Waals surface area contributed by atoms with Crippen LogP contribution in [0.3, 0.4) is 0 Å². The van der Waals surface area contributed by atoms with Crippen LogP contribution >= 0.6 is 11.6 Å². The Morgan fingerprint density at radius 1 is 1.14 bits per heavy atom. The van der Waals surface area contributed by atoms with Gasteiger partial charge in [-0.25, -0.2) is 4.39 Å². The van der Waals surface area contributed by atoms with Crippen molar-refractivity contribution in [1.82, 2.24) is 4.90 Å². The molecule has 29 heavy (non-hydrogen) atoms. The van der Waals surface area contributed by atoms with E-state index < -0.39 is 24.2 Å². The van der Waals surface area contributed by atoms with E-state index in [1.165, 1.54) is 6.26 Å². The van der Waals surface area contributed by atoms with Crippen LogP contribution in [0, 0.1) is 5.92 Å². The molecule has 0 radical (unpaired) electrons. The molecule has 4 atom stereocenters. The second-order valence-electron chi connectivity index (χ2n) is 7.75. The van der Waals surface area contributed by atoms with Crippen molar-refractivity contribution in [3.8, 4) is 0 Å². The number of hydrogen-bond donors (Lipinski definition) is 0. The van der Waals surface area contributed by atoms with Gasteiger partial charge in [-0.15, -0.1) is 0 Å². The summed E-state index contributed by atoms with van der Waals surface area (Å²) in [6, 6.07) is 9.94. The van der Waals surface area contributed by atoms with Gasteiger partial charge < -0.3 is 14.1 Å². The predicted octanol–water partition coefficient (Wildman–Crippen LogP) is 4.38. The molecule has 1 saturated carbocycles. The Bertz CT molecular complexity index is 985. The second-order valence-corrected chi connectivity index (χ2v) is 8.18. The van der Waals surface area contributed by atoms with Crippen LogP contribution in [0.4, 0.5) is 4.39 Å². The molecule has 3 aliphatic rings. The summed E-state index contributed by atoms with van der Waals surface area (Å²) in [7, 11) is 0. The number of amides is 1. The molecule has 1 amide bonds. The van der Waals surface area contributed by atoms with Gasteiger partial charge in [0.1, 0.15) is 18.0 Å². The third-order valence-corrected chi connectivity index (χ3v) is 6.22. The van der Waals surface area contributed by atoms with E-state index in [0.29, 0.717) is 29.2 Å². The Morgan fingerprint density at radius 2 is 1.93 bits per heavy atom. The number of ketones is 1. The maximum Gasteiger partial charge on any atom is 0.290 e. The summed E-state index contributed by atoms with van der Waals surface area (Å²) >= 11 is 6.03. The first kappa shape index (κ1) is 18.4. The first-order valence-electron chi connectivity index (χ1n) is 9.71. The van der Waals surface area contributed by atoms with Crippen LogP contribution in [-0.4, -0.2) is 28.9 Å². The van der Waals surface area contributed by atoms with Gasteiger partial charge in [0.25, 0.3) is 5.91 Å². The fourth-order valence-corrected chi connectivity index (χ4v) is 4.71. The summed E-state index contributed by atoms with van der Waals surface area (Å²) in [5, 5.41) is 0.559. The highest BCUT2D eigenvalue weighted by Crippen LogP contribution is 2.47. The Balaban J connectivity index is 1.58. The molecule has 0 spiro atoms. The van der Waals surface area contributed by atoms with E-state index in [-0.39, 0.29) is 30.4 Å². The van der Waals surface area contributed by atoms with Gasteiger partial charge in [0.2, 0.25) is 0 Å². The van der Waals surface area contributed by atoms with E-state index in [2.05, 4.69) is 0 Å². The second kappa shape index (κ2) is 7.02. The SMILES string of the molecule is O=C1C2=C(OC3CCC(F)CC13)C(=O)N(Cc1ccco1)C2c1ccc(Cl)cc1. The van der Waals surface area contributed by atoms with Crippen LogP contribution in [0.2, 0.25) is 5.02 Å². The lowest BCUT2D eigenvalue weighted by Crippen LogP contribution is -2.42. The number of fused-ring (bicyclic) bond motifs is 1. The van der Waals surface area contributed by atoms with E-state index in [9.17, 15) is 14.0 Å². The number of Topliss-reactive ketones (excluding diaryl/α,β-unsaturated/α-hetero) is 1. The summed E-state index contributed by atoms with van der Waals surface area (Å²) in [4.78, 5) is 28.2. The van der Waals surface area contributed by atoms with Crippen LogP contribution in [0.15, 0.2) is 58.4 Å². The number of furan rings is 1. The molecule has 0 N–H and O–H groups in total. The number of carbonyl (C=O) groups excluding carboxylic acids is 2. The molecule has 7 heteroatoms. The Kier molecular flexibility index (Phi) is 4.46. The first-order chi connectivity index (χ1) is 14.0. The van der Waals surface area contributed by atoms with Crippen molar-refractivity contribution >= 4 is 23.3 Å². The number of carbonyl (C=O) groups is 2. The van der Waals surface area contributed by atoms with Crippen molar-refractivity contribution in [2.24, 2.45) is 5.92 Å². The molecule has 1 fully saturated rings. The van der Waals surface area contributed by atoms with Crippen LogP contribution in [-0.2, 0) is 20.9 Å². The molecule has 0 saturated heterocycles. The largest absolute Gasteiger partial charge is 0.483 e. The molecule has 1 aromatic carbocycles. The third kappa shape index (κ3) is 3.06. The van der Waals surface area contributed by atoms with E-state index in [0.717, 1.165) is 5.56 Å². The summed E-state index contributed by atoms with van der Waals surface area (Å²) in [5.74, 6) is -0.381. The molecule has 1 aromatic heterocycles. The average molecular weight is 416 g/mol. The van der Waals surface area contributed by atoms with Crippen molar-refractivity contribution in [2.75, 3.05) is 0 Å². The van der Waals surface area contributed by atoms with Crippen LogP contribution in [0.5, 0.6) is 0 Å². The van der Waals surface area contributed by atoms with Gasteiger partial charge in [-0.05, 0) is 49.1 Å². The van der Waals surface area contributed by atoms with Gasteiger partial charge in [0, 0.05) is 5.02 Å². The maximum absolute atomic E-state index is 14.0. The number of nitrogens with zero attached hydrogens (tertiary/aromatic N) is 1. The van der Waals surface area contributed by atoms with Crippen molar-refractivity contribution in [3.63, 3.8) is 0 Å².